The van der Waals surface area contributed by atoms with Gasteiger partial charge in [-0.15, -0.1) is 0 Å². The van der Waals surface area contributed by atoms with Gasteiger partial charge >= 0.3 is 6.03 Å². The van der Waals surface area contributed by atoms with E-state index >= 15 is 0 Å². The first-order chi connectivity index (χ1) is 10.3. The summed E-state index contributed by atoms with van der Waals surface area (Å²) in [6, 6.07) is -0.375. The molecule has 4 amide bonds. The van der Waals surface area contributed by atoms with Gasteiger partial charge in [-0.2, -0.15) is 0 Å². The topological polar surface area (TPSA) is 79.0 Å². The van der Waals surface area contributed by atoms with Crippen LogP contribution in [-0.2, 0) is 14.3 Å². The van der Waals surface area contributed by atoms with Crippen LogP contribution in [0.15, 0.2) is 0 Å². The van der Waals surface area contributed by atoms with Crippen molar-refractivity contribution in [1.29, 1.82) is 0 Å². The average molecular weight is 311 g/mol. The molecule has 0 bridgehead atoms. The Morgan fingerprint density at radius 3 is 2.73 bits per heavy atom. The summed E-state index contributed by atoms with van der Waals surface area (Å²) in [6.45, 7) is 7.50. The minimum atomic E-state index is -0.848. The Kier molecular flexibility index (Phi) is 5.05. The molecule has 0 aromatic heterocycles. The molecule has 124 valence electrons. The van der Waals surface area contributed by atoms with Crippen LogP contribution < -0.4 is 5.32 Å². The van der Waals surface area contributed by atoms with E-state index < -0.39 is 5.54 Å². The predicted molar refractivity (Wildman–Crippen MR) is 80.2 cm³/mol. The quantitative estimate of drug-likeness (QED) is 0.759. The van der Waals surface area contributed by atoms with Gasteiger partial charge in [-0.05, 0) is 26.7 Å². The van der Waals surface area contributed by atoms with E-state index in [4.69, 9.17) is 4.74 Å². The third kappa shape index (κ3) is 3.58. The summed E-state index contributed by atoms with van der Waals surface area (Å²) in [5, 5.41) is 2.63. The van der Waals surface area contributed by atoms with Gasteiger partial charge in [-0.1, -0.05) is 6.92 Å². The number of rotatable bonds is 5. The molecular formula is C15H25N3O4. The summed E-state index contributed by atoms with van der Waals surface area (Å²) in [7, 11) is 0. The SMILES string of the molecule is CC[C@@H]1CN(C(=O)CCCN2C(=O)NC(C)(C)C2=O)CCO1. The van der Waals surface area contributed by atoms with E-state index in [9.17, 15) is 14.4 Å². The lowest BCUT2D eigenvalue weighted by Gasteiger charge is -2.32. The Balaban J connectivity index is 1.78. The van der Waals surface area contributed by atoms with Crippen LogP contribution in [0.25, 0.3) is 0 Å². The van der Waals surface area contributed by atoms with Crippen LogP contribution in [-0.4, -0.2) is 65.5 Å². The fraction of sp³-hybridized carbons (Fsp3) is 0.800. The first kappa shape index (κ1) is 16.7. The van der Waals surface area contributed by atoms with Crippen LogP contribution in [0.4, 0.5) is 4.79 Å². The summed E-state index contributed by atoms with van der Waals surface area (Å²) >= 11 is 0. The molecule has 7 heteroatoms. The molecule has 0 saturated carbocycles. The monoisotopic (exact) mass is 311 g/mol. The molecule has 2 rings (SSSR count). The lowest BCUT2D eigenvalue weighted by molar-refractivity contribution is -0.139. The van der Waals surface area contributed by atoms with Crippen molar-refractivity contribution in [2.24, 2.45) is 0 Å². The van der Waals surface area contributed by atoms with E-state index in [0.717, 1.165) is 6.42 Å². The molecule has 0 radical (unpaired) electrons. The third-order valence-corrected chi connectivity index (χ3v) is 4.16. The number of ether oxygens (including phenoxy) is 1. The Labute approximate surface area is 131 Å². The van der Waals surface area contributed by atoms with Crippen molar-refractivity contribution >= 4 is 17.8 Å². The minimum absolute atomic E-state index is 0.0630. The molecule has 0 aromatic carbocycles. The van der Waals surface area contributed by atoms with Crippen molar-refractivity contribution in [1.82, 2.24) is 15.1 Å². The zero-order valence-electron chi connectivity index (χ0n) is 13.6. The first-order valence-corrected chi connectivity index (χ1v) is 7.88. The molecule has 1 atom stereocenters. The minimum Gasteiger partial charge on any atom is -0.375 e. The largest absolute Gasteiger partial charge is 0.375 e. The fourth-order valence-electron chi connectivity index (χ4n) is 2.76. The van der Waals surface area contributed by atoms with E-state index in [1.807, 2.05) is 11.8 Å². The highest BCUT2D eigenvalue weighted by atomic mass is 16.5. The molecule has 2 saturated heterocycles. The first-order valence-electron chi connectivity index (χ1n) is 7.88. The number of hydrogen-bond donors (Lipinski definition) is 1. The lowest BCUT2D eigenvalue weighted by atomic mass is 10.1. The van der Waals surface area contributed by atoms with Crippen LogP contribution in [0.5, 0.6) is 0 Å². The maximum atomic E-state index is 12.2. The van der Waals surface area contributed by atoms with Gasteiger partial charge in [0.05, 0.1) is 12.7 Å². The molecule has 7 nitrogen and oxygen atoms in total. The van der Waals surface area contributed by atoms with E-state index in [1.165, 1.54) is 4.90 Å². The second kappa shape index (κ2) is 6.64. The van der Waals surface area contributed by atoms with E-state index in [-0.39, 0.29) is 30.5 Å². The number of carbonyl (C=O) groups is 3. The molecule has 2 fully saturated rings. The van der Waals surface area contributed by atoms with Crippen molar-refractivity contribution in [3.8, 4) is 0 Å². The highest BCUT2D eigenvalue weighted by Crippen LogP contribution is 2.17. The molecule has 0 aromatic rings. The van der Waals surface area contributed by atoms with Crippen LogP contribution in [0.1, 0.15) is 40.0 Å². The van der Waals surface area contributed by atoms with Gasteiger partial charge in [0.2, 0.25) is 5.91 Å². The van der Waals surface area contributed by atoms with Crippen LogP contribution in [0.2, 0.25) is 0 Å². The Morgan fingerprint density at radius 1 is 1.41 bits per heavy atom. The normalized spacial score (nSPS) is 24.6. The maximum absolute atomic E-state index is 12.2. The van der Waals surface area contributed by atoms with Gasteiger partial charge in [0.1, 0.15) is 5.54 Å². The predicted octanol–water partition coefficient (Wildman–Crippen LogP) is 0.734. The zero-order valence-corrected chi connectivity index (χ0v) is 13.6. The summed E-state index contributed by atoms with van der Waals surface area (Å²) in [4.78, 5) is 39.0. The number of amides is 4. The van der Waals surface area contributed by atoms with Crippen LogP contribution in [0.3, 0.4) is 0 Å². The number of carbonyl (C=O) groups excluding carboxylic acids is 3. The molecule has 0 spiro atoms. The number of nitrogens with one attached hydrogen (secondary N) is 1. The second-order valence-corrected chi connectivity index (χ2v) is 6.36. The molecule has 1 N–H and O–H groups in total. The summed E-state index contributed by atoms with van der Waals surface area (Å²) in [5.41, 5.74) is -0.848. The molecule has 2 aliphatic rings. The standard InChI is InChI=1S/C15H25N3O4/c1-4-11-10-17(8-9-22-11)12(19)6-5-7-18-13(20)15(2,3)16-14(18)21/h11H,4-10H2,1-3H3,(H,16,21)/t11-/m1/s1. The van der Waals surface area contributed by atoms with Gasteiger partial charge in [-0.3, -0.25) is 14.5 Å². The molecule has 0 unspecified atom stereocenters. The summed E-state index contributed by atoms with van der Waals surface area (Å²) in [6.07, 6.45) is 1.83. The van der Waals surface area contributed by atoms with Gasteiger partial charge in [0.25, 0.3) is 5.91 Å². The maximum Gasteiger partial charge on any atom is 0.325 e. The highest BCUT2D eigenvalue weighted by molar-refractivity contribution is 6.06. The Bertz CT molecular complexity index is 464. The van der Waals surface area contributed by atoms with Crippen LogP contribution in [0, 0.1) is 0 Å². The summed E-state index contributed by atoms with van der Waals surface area (Å²) < 4.78 is 5.54. The van der Waals surface area contributed by atoms with Crippen LogP contribution >= 0.6 is 0 Å². The molecule has 2 heterocycles. The number of nitrogens with zero attached hydrogens (tertiary/aromatic N) is 2. The second-order valence-electron chi connectivity index (χ2n) is 6.36. The fourth-order valence-corrected chi connectivity index (χ4v) is 2.76. The Morgan fingerprint density at radius 2 is 2.14 bits per heavy atom. The molecular weight excluding hydrogens is 286 g/mol. The van der Waals surface area contributed by atoms with E-state index in [1.54, 1.807) is 13.8 Å². The van der Waals surface area contributed by atoms with E-state index in [0.29, 0.717) is 32.5 Å². The number of urea groups is 1. The van der Waals surface area contributed by atoms with E-state index in [2.05, 4.69) is 5.32 Å². The molecule has 0 aliphatic carbocycles. The average Bonchev–Trinajstić information content (AvgIpc) is 2.68. The number of imide groups is 1. The highest BCUT2D eigenvalue weighted by Gasteiger charge is 2.43. The van der Waals surface area contributed by atoms with Crippen molar-refractivity contribution < 1.29 is 19.1 Å². The van der Waals surface area contributed by atoms with Gasteiger partial charge in [0.15, 0.2) is 0 Å². The lowest BCUT2D eigenvalue weighted by Crippen LogP contribution is -2.45. The van der Waals surface area contributed by atoms with Gasteiger partial charge in [-0.25, -0.2) is 4.79 Å². The van der Waals surface area contributed by atoms with Crippen molar-refractivity contribution in [2.45, 2.75) is 51.7 Å². The van der Waals surface area contributed by atoms with Gasteiger partial charge < -0.3 is 15.0 Å². The zero-order chi connectivity index (χ0) is 16.3. The van der Waals surface area contributed by atoms with Crippen molar-refractivity contribution in [3.05, 3.63) is 0 Å². The molecule has 2 aliphatic heterocycles. The smallest absolute Gasteiger partial charge is 0.325 e. The third-order valence-electron chi connectivity index (χ3n) is 4.16. The Hall–Kier alpha value is -1.63. The number of morpholine rings is 1. The summed E-state index contributed by atoms with van der Waals surface area (Å²) in [5.74, 6) is -0.171. The van der Waals surface area contributed by atoms with Crippen molar-refractivity contribution in [2.75, 3.05) is 26.2 Å². The van der Waals surface area contributed by atoms with Crippen molar-refractivity contribution in [3.63, 3.8) is 0 Å². The van der Waals surface area contributed by atoms with Gasteiger partial charge in [0, 0.05) is 26.1 Å². The molecule has 22 heavy (non-hydrogen) atoms. The number of hydrogen-bond acceptors (Lipinski definition) is 4.